The first-order chi connectivity index (χ1) is 9.55. The van der Waals surface area contributed by atoms with Gasteiger partial charge < -0.3 is 9.84 Å². The fraction of sp³-hybridized carbons (Fsp3) is 0.400. The van der Waals surface area contributed by atoms with Gasteiger partial charge in [-0.15, -0.1) is 0 Å². The monoisotopic (exact) mass is 278 g/mol. The van der Waals surface area contributed by atoms with Crippen LogP contribution in [-0.2, 0) is 13.0 Å². The molecule has 2 aromatic rings. The maximum Gasteiger partial charge on any atom is 0.132 e. The lowest BCUT2D eigenvalue weighted by atomic mass is 10.0. The molecule has 0 aliphatic heterocycles. The number of aliphatic hydroxyl groups excluding tert-OH is 1. The van der Waals surface area contributed by atoms with Gasteiger partial charge in [0.2, 0.25) is 0 Å². The van der Waals surface area contributed by atoms with E-state index in [2.05, 4.69) is 5.10 Å². The third-order valence-corrected chi connectivity index (χ3v) is 3.25. The Morgan fingerprint density at radius 3 is 2.75 bits per heavy atom. The Labute approximate surface area is 117 Å². The molecule has 0 aliphatic carbocycles. The van der Waals surface area contributed by atoms with Gasteiger partial charge in [0.05, 0.1) is 18.9 Å². The van der Waals surface area contributed by atoms with E-state index in [0.717, 1.165) is 17.9 Å². The van der Waals surface area contributed by atoms with Crippen molar-refractivity contribution >= 4 is 0 Å². The Morgan fingerprint density at radius 1 is 1.40 bits per heavy atom. The molecule has 2 rings (SSSR count). The molecule has 5 heteroatoms. The minimum atomic E-state index is -0.901. The van der Waals surface area contributed by atoms with E-state index in [1.807, 2.05) is 24.6 Å². The van der Waals surface area contributed by atoms with Crippen LogP contribution in [0.3, 0.4) is 0 Å². The number of methoxy groups -OCH3 is 1. The molecule has 0 fully saturated rings. The summed E-state index contributed by atoms with van der Waals surface area (Å²) in [6.45, 7) is 4.60. The van der Waals surface area contributed by atoms with Gasteiger partial charge in [0, 0.05) is 30.3 Å². The maximum atomic E-state index is 13.9. The standard InChI is InChI=1S/C15H19FN2O2/c1-4-18-11(7-10(2)17-18)8-15(19)13-6-5-12(20-3)9-14(13)16/h5-7,9,15,19H,4,8H2,1-3H3. The summed E-state index contributed by atoms with van der Waals surface area (Å²) in [5, 5.41) is 14.5. The number of nitrogens with zero attached hydrogens (tertiary/aromatic N) is 2. The molecule has 0 saturated heterocycles. The molecule has 0 spiro atoms. The highest BCUT2D eigenvalue weighted by atomic mass is 19.1. The highest BCUT2D eigenvalue weighted by Gasteiger charge is 2.16. The summed E-state index contributed by atoms with van der Waals surface area (Å²) in [4.78, 5) is 0. The van der Waals surface area contributed by atoms with Gasteiger partial charge in [0.15, 0.2) is 0 Å². The molecular formula is C15H19FN2O2. The first-order valence-electron chi connectivity index (χ1n) is 6.60. The van der Waals surface area contributed by atoms with Crippen LogP contribution in [0.4, 0.5) is 4.39 Å². The van der Waals surface area contributed by atoms with Crippen molar-refractivity contribution in [2.45, 2.75) is 32.9 Å². The van der Waals surface area contributed by atoms with Crippen molar-refractivity contribution in [2.24, 2.45) is 0 Å². The van der Waals surface area contributed by atoms with Crippen LogP contribution in [0.1, 0.15) is 30.0 Å². The number of aromatic nitrogens is 2. The fourth-order valence-corrected chi connectivity index (χ4v) is 2.25. The summed E-state index contributed by atoms with van der Waals surface area (Å²) in [7, 11) is 1.48. The van der Waals surface area contributed by atoms with Gasteiger partial charge in [0.1, 0.15) is 11.6 Å². The van der Waals surface area contributed by atoms with Gasteiger partial charge in [-0.3, -0.25) is 4.68 Å². The topological polar surface area (TPSA) is 47.3 Å². The van der Waals surface area contributed by atoms with Crippen molar-refractivity contribution in [2.75, 3.05) is 7.11 Å². The van der Waals surface area contributed by atoms with E-state index in [-0.39, 0.29) is 5.56 Å². The zero-order chi connectivity index (χ0) is 14.7. The number of hydrogen-bond donors (Lipinski definition) is 1. The third kappa shape index (κ3) is 2.99. The van der Waals surface area contributed by atoms with Gasteiger partial charge >= 0.3 is 0 Å². The SMILES string of the molecule is CCn1nc(C)cc1CC(O)c1ccc(OC)cc1F. The van der Waals surface area contributed by atoms with Gasteiger partial charge in [0.25, 0.3) is 0 Å². The Morgan fingerprint density at radius 2 is 2.15 bits per heavy atom. The van der Waals surface area contributed by atoms with Gasteiger partial charge in [-0.2, -0.15) is 5.10 Å². The third-order valence-electron chi connectivity index (χ3n) is 3.25. The molecule has 1 aromatic heterocycles. The van der Waals surface area contributed by atoms with Crippen LogP contribution in [0.25, 0.3) is 0 Å². The fourth-order valence-electron chi connectivity index (χ4n) is 2.25. The number of aliphatic hydroxyl groups is 1. The number of benzene rings is 1. The number of halogens is 1. The second kappa shape index (κ2) is 6.05. The second-order valence-electron chi connectivity index (χ2n) is 4.70. The number of aryl methyl sites for hydroxylation is 2. The van der Waals surface area contributed by atoms with E-state index in [0.29, 0.717) is 12.2 Å². The molecule has 4 nitrogen and oxygen atoms in total. The first kappa shape index (κ1) is 14.5. The smallest absolute Gasteiger partial charge is 0.132 e. The Hall–Kier alpha value is -1.88. The van der Waals surface area contributed by atoms with Crippen LogP contribution in [0.5, 0.6) is 5.75 Å². The van der Waals surface area contributed by atoms with E-state index >= 15 is 0 Å². The molecule has 0 bridgehead atoms. The molecule has 0 amide bonds. The number of hydrogen-bond acceptors (Lipinski definition) is 3. The summed E-state index contributed by atoms with van der Waals surface area (Å²) in [5.74, 6) is -0.0240. The lowest BCUT2D eigenvalue weighted by Gasteiger charge is -2.13. The summed E-state index contributed by atoms with van der Waals surface area (Å²) >= 11 is 0. The van der Waals surface area contributed by atoms with Crippen molar-refractivity contribution in [3.63, 3.8) is 0 Å². The van der Waals surface area contributed by atoms with Crippen LogP contribution in [0.15, 0.2) is 24.3 Å². The Balaban J connectivity index is 2.21. The summed E-state index contributed by atoms with van der Waals surface area (Å²) in [5.41, 5.74) is 2.06. The Bertz CT molecular complexity index is 596. The molecule has 1 heterocycles. The van der Waals surface area contributed by atoms with Crippen LogP contribution in [-0.4, -0.2) is 22.0 Å². The van der Waals surface area contributed by atoms with Gasteiger partial charge in [-0.1, -0.05) is 0 Å². The van der Waals surface area contributed by atoms with Crippen molar-refractivity contribution in [1.29, 1.82) is 0 Å². The van der Waals surface area contributed by atoms with E-state index in [1.54, 1.807) is 12.1 Å². The van der Waals surface area contributed by atoms with Crippen LogP contribution in [0.2, 0.25) is 0 Å². The zero-order valence-electron chi connectivity index (χ0n) is 11.9. The lowest BCUT2D eigenvalue weighted by Crippen LogP contribution is -2.09. The number of rotatable bonds is 5. The van der Waals surface area contributed by atoms with Crippen molar-refractivity contribution in [3.05, 3.63) is 47.0 Å². The molecule has 108 valence electrons. The van der Waals surface area contributed by atoms with Crippen LogP contribution < -0.4 is 4.74 Å². The van der Waals surface area contributed by atoms with Crippen molar-refractivity contribution in [1.82, 2.24) is 9.78 Å². The predicted molar refractivity (Wildman–Crippen MR) is 74.3 cm³/mol. The maximum absolute atomic E-state index is 13.9. The summed E-state index contributed by atoms with van der Waals surface area (Å²) in [6, 6.07) is 6.39. The van der Waals surface area contributed by atoms with E-state index in [9.17, 15) is 9.50 Å². The van der Waals surface area contributed by atoms with Gasteiger partial charge in [-0.05, 0) is 32.0 Å². The van der Waals surface area contributed by atoms with E-state index in [1.165, 1.54) is 13.2 Å². The molecule has 20 heavy (non-hydrogen) atoms. The highest BCUT2D eigenvalue weighted by Crippen LogP contribution is 2.24. The normalized spacial score (nSPS) is 12.4. The minimum absolute atomic E-state index is 0.271. The minimum Gasteiger partial charge on any atom is -0.497 e. The average molecular weight is 278 g/mol. The summed E-state index contributed by atoms with van der Waals surface area (Å²) < 4.78 is 20.7. The Kier molecular flexibility index (Phi) is 4.39. The predicted octanol–water partition coefficient (Wildman–Crippen LogP) is 2.64. The van der Waals surface area contributed by atoms with Gasteiger partial charge in [-0.25, -0.2) is 4.39 Å². The van der Waals surface area contributed by atoms with Crippen molar-refractivity contribution in [3.8, 4) is 5.75 Å². The molecule has 1 N–H and O–H groups in total. The van der Waals surface area contributed by atoms with Crippen molar-refractivity contribution < 1.29 is 14.2 Å². The van der Waals surface area contributed by atoms with E-state index in [4.69, 9.17) is 4.74 Å². The molecule has 0 radical (unpaired) electrons. The van der Waals surface area contributed by atoms with Crippen LogP contribution in [0, 0.1) is 12.7 Å². The zero-order valence-corrected chi connectivity index (χ0v) is 11.9. The second-order valence-corrected chi connectivity index (χ2v) is 4.70. The molecule has 0 aliphatic rings. The average Bonchev–Trinajstić information content (AvgIpc) is 2.78. The lowest BCUT2D eigenvalue weighted by molar-refractivity contribution is 0.170. The van der Waals surface area contributed by atoms with Crippen LogP contribution >= 0.6 is 0 Å². The highest BCUT2D eigenvalue weighted by molar-refractivity contribution is 5.30. The quantitative estimate of drug-likeness (QED) is 0.914. The first-order valence-corrected chi connectivity index (χ1v) is 6.60. The molecule has 0 saturated carbocycles. The largest absolute Gasteiger partial charge is 0.497 e. The molecule has 1 unspecified atom stereocenters. The molecule has 1 aromatic carbocycles. The van der Waals surface area contributed by atoms with E-state index < -0.39 is 11.9 Å². The summed E-state index contributed by atoms with van der Waals surface area (Å²) in [6.07, 6.45) is -0.569. The number of ether oxygens (including phenoxy) is 1. The molecule has 1 atom stereocenters. The molecular weight excluding hydrogens is 259 g/mol.